The molecule has 0 radical (unpaired) electrons. The molecule has 2 aromatic rings. The zero-order valence-corrected chi connectivity index (χ0v) is 18.7. The Morgan fingerprint density at radius 1 is 1.03 bits per heavy atom. The van der Waals surface area contributed by atoms with E-state index in [9.17, 15) is 4.79 Å². The number of amides is 1. The first kappa shape index (κ1) is 22.0. The Hall–Kier alpha value is -2.71. The van der Waals surface area contributed by atoms with Crippen LogP contribution in [0.3, 0.4) is 0 Å². The molecule has 0 atom stereocenters. The molecule has 1 saturated heterocycles. The highest BCUT2D eigenvalue weighted by atomic mass is 35.5. The van der Waals surface area contributed by atoms with Gasteiger partial charge < -0.3 is 24.4 Å². The van der Waals surface area contributed by atoms with Crippen LogP contribution in [-0.4, -0.2) is 45.4 Å². The van der Waals surface area contributed by atoms with Crippen molar-refractivity contribution in [3.63, 3.8) is 0 Å². The Morgan fingerprint density at radius 2 is 1.67 bits per heavy atom. The van der Waals surface area contributed by atoms with E-state index >= 15 is 0 Å². The van der Waals surface area contributed by atoms with Gasteiger partial charge in [0.1, 0.15) is 0 Å². The Balaban J connectivity index is 1.69. The highest BCUT2D eigenvalue weighted by Gasteiger charge is 2.18. The number of benzene rings is 2. The second-order valence-corrected chi connectivity index (χ2v) is 7.50. The fourth-order valence-electron chi connectivity index (χ4n) is 3.35. The molecule has 0 unspecified atom stereocenters. The topological polar surface area (TPSA) is 72.1 Å². The van der Waals surface area contributed by atoms with Gasteiger partial charge in [-0.25, -0.2) is 0 Å². The lowest BCUT2D eigenvalue weighted by Gasteiger charge is -2.20. The Bertz CT molecular complexity index is 923. The predicted molar refractivity (Wildman–Crippen MR) is 123 cm³/mol. The summed E-state index contributed by atoms with van der Waals surface area (Å²) in [7, 11) is 4.47. The van der Waals surface area contributed by atoms with Gasteiger partial charge in [-0.3, -0.25) is 10.1 Å². The summed E-state index contributed by atoms with van der Waals surface area (Å²) in [5.41, 5.74) is 2.02. The van der Waals surface area contributed by atoms with Crippen LogP contribution < -0.4 is 29.7 Å². The SMILES string of the molecule is COc1cc(C(=O)NC(=S)Nc2ccc(N3CCCC3)c(Cl)c2)cc(OC)c1OC. The van der Waals surface area contributed by atoms with E-state index in [0.29, 0.717) is 33.5 Å². The fraction of sp³-hybridized carbons (Fsp3) is 0.333. The summed E-state index contributed by atoms with van der Waals surface area (Å²) < 4.78 is 15.8. The molecule has 9 heteroatoms. The number of nitrogens with one attached hydrogen (secondary N) is 2. The minimum atomic E-state index is -0.411. The third-order valence-electron chi connectivity index (χ3n) is 4.81. The molecule has 3 rings (SSSR count). The molecule has 1 aliphatic rings. The zero-order valence-electron chi connectivity index (χ0n) is 17.1. The highest BCUT2D eigenvalue weighted by molar-refractivity contribution is 7.80. The van der Waals surface area contributed by atoms with Gasteiger partial charge in [0.15, 0.2) is 16.6 Å². The lowest BCUT2D eigenvalue weighted by Crippen LogP contribution is -2.34. The van der Waals surface area contributed by atoms with E-state index in [-0.39, 0.29) is 5.11 Å². The molecule has 0 spiro atoms. The van der Waals surface area contributed by atoms with E-state index in [1.807, 2.05) is 12.1 Å². The molecule has 30 heavy (non-hydrogen) atoms. The molecule has 0 aliphatic carbocycles. The molecular formula is C21H24ClN3O4S. The van der Waals surface area contributed by atoms with E-state index in [2.05, 4.69) is 15.5 Å². The molecule has 0 bridgehead atoms. The fourth-order valence-corrected chi connectivity index (χ4v) is 3.86. The molecule has 2 aromatic carbocycles. The van der Waals surface area contributed by atoms with E-state index < -0.39 is 5.91 Å². The van der Waals surface area contributed by atoms with Gasteiger partial charge in [0.2, 0.25) is 5.75 Å². The summed E-state index contributed by atoms with van der Waals surface area (Å²) in [4.78, 5) is 14.9. The maximum atomic E-state index is 12.7. The van der Waals surface area contributed by atoms with E-state index in [1.54, 1.807) is 18.2 Å². The van der Waals surface area contributed by atoms with Crippen molar-refractivity contribution in [1.29, 1.82) is 0 Å². The van der Waals surface area contributed by atoms with E-state index in [0.717, 1.165) is 18.8 Å². The summed E-state index contributed by atoms with van der Waals surface area (Å²) in [5.74, 6) is 0.756. The Morgan fingerprint density at radius 3 is 2.20 bits per heavy atom. The van der Waals surface area contributed by atoms with Crippen molar-refractivity contribution in [2.24, 2.45) is 0 Å². The lowest BCUT2D eigenvalue weighted by molar-refractivity contribution is 0.0977. The van der Waals surface area contributed by atoms with Gasteiger partial charge in [0, 0.05) is 24.3 Å². The number of methoxy groups -OCH3 is 3. The summed E-state index contributed by atoms with van der Waals surface area (Å²) in [6.45, 7) is 2.02. The minimum Gasteiger partial charge on any atom is -0.493 e. The number of thiocarbonyl (C=S) groups is 1. The van der Waals surface area contributed by atoms with Crippen molar-refractivity contribution < 1.29 is 19.0 Å². The van der Waals surface area contributed by atoms with Crippen molar-refractivity contribution in [3.8, 4) is 17.2 Å². The van der Waals surface area contributed by atoms with Crippen LogP contribution in [0.4, 0.5) is 11.4 Å². The predicted octanol–water partition coefficient (Wildman–Crippen LogP) is 4.09. The second-order valence-electron chi connectivity index (χ2n) is 6.68. The van der Waals surface area contributed by atoms with Crippen LogP contribution in [0, 0.1) is 0 Å². The monoisotopic (exact) mass is 449 g/mol. The van der Waals surface area contributed by atoms with Crippen LogP contribution in [0.5, 0.6) is 17.2 Å². The van der Waals surface area contributed by atoms with Crippen molar-refractivity contribution in [2.45, 2.75) is 12.8 Å². The number of halogens is 1. The van der Waals surface area contributed by atoms with Crippen LogP contribution >= 0.6 is 23.8 Å². The highest BCUT2D eigenvalue weighted by Crippen LogP contribution is 2.38. The molecule has 0 saturated carbocycles. The Labute approximate surface area is 186 Å². The smallest absolute Gasteiger partial charge is 0.257 e. The normalized spacial score (nSPS) is 13.0. The van der Waals surface area contributed by atoms with Crippen LogP contribution in [-0.2, 0) is 0 Å². The number of hydrogen-bond acceptors (Lipinski definition) is 6. The first-order valence-electron chi connectivity index (χ1n) is 9.43. The van der Waals surface area contributed by atoms with Gasteiger partial charge in [-0.2, -0.15) is 0 Å². The number of carbonyl (C=O) groups excluding carboxylic acids is 1. The average molecular weight is 450 g/mol. The first-order chi connectivity index (χ1) is 14.5. The first-order valence-corrected chi connectivity index (χ1v) is 10.2. The summed E-state index contributed by atoms with van der Waals surface area (Å²) in [5, 5.41) is 6.43. The second kappa shape index (κ2) is 9.86. The van der Waals surface area contributed by atoms with Gasteiger partial charge in [0.05, 0.1) is 32.0 Å². The van der Waals surface area contributed by atoms with E-state index in [4.69, 9.17) is 38.0 Å². The molecule has 1 aliphatic heterocycles. The van der Waals surface area contributed by atoms with E-state index in [1.165, 1.54) is 34.2 Å². The van der Waals surface area contributed by atoms with Crippen LogP contribution in [0.25, 0.3) is 0 Å². The average Bonchev–Trinajstić information content (AvgIpc) is 3.27. The van der Waals surface area contributed by atoms with Gasteiger partial charge in [-0.1, -0.05) is 11.6 Å². The summed E-state index contributed by atoms with van der Waals surface area (Å²) in [6, 6.07) is 8.76. The number of nitrogens with zero attached hydrogens (tertiary/aromatic N) is 1. The molecule has 7 nitrogen and oxygen atoms in total. The molecular weight excluding hydrogens is 426 g/mol. The standard InChI is InChI=1S/C21H24ClN3O4S/c1-27-17-10-13(11-18(28-2)19(17)29-3)20(26)24-21(30)23-14-6-7-16(15(22)12-14)25-8-4-5-9-25/h6-7,10-12H,4-5,8-9H2,1-3H3,(H2,23,24,26,30). The van der Waals surface area contributed by atoms with Crippen molar-refractivity contribution >= 4 is 46.2 Å². The van der Waals surface area contributed by atoms with Gasteiger partial charge in [0.25, 0.3) is 5.91 Å². The van der Waals surface area contributed by atoms with Crippen LogP contribution in [0.15, 0.2) is 30.3 Å². The largest absolute Gasteiger partial charge is 0.493 e. The Kier molecular flexibility index (Phi) is 7.23. The molecule has 2 N–H and O–H groups in total. The van der Waals surface area contributed by atoms with Gasteiger partial charge in [-0.05, 0) is 55.4 Å². The zero-order chi connectivity index (χ0) is 21.7. The maximum Gasteiger partial charge on any atom is 0.257 e. The third kappa shape index (κ3) is 4.88. The lowest BCUT2D eigenvalue weighted by atomic mass is 10.1. The van der Waals surface area contributed by atoms with Crippen LogP contribution in [0.2, 0.25) is 5.02 Å². The molecule has 1 heterocycles. The molecule has 1 amide bonds. The van der Waals surface area contributed by atoms with Crippen molar-refractivity contribution in [3.05, 3.63) is 40.9 Å². The quantitative estimate of drug-likeness (QED) is 0.643. The minimum absolute atomic E-state index is 0.152. The van der Waals surface area contributed by atoms with Crippen molar-refractivity contribution in [2.75, 3.05) is 44.6 Å². The number of ether oxygens (including phenoxy) is 3. The van der Waals surface area contributed by atoms with Gasteiger partial charge in [-0.15, -0.1) is 0 Å². The summed E-state index contributed by atoms with van der Waals surface area (Å²) in [6.07, 6.45) is 2.35. The number of anilines is 2. The number of carbonyl (C=O) groups is 1. The maximum absolute atomic E-state index is 12.7. The molecule has 160 valence electrons. The van der Waals surface area contributed by atoms with Gasteiger partial charge >= 0.3 is 0 Å². The molecule has 0 aromatic heterocycles. The molecule has 1 fully saturated rings. The number of rotatable bonds is 6. The third-order valence-corrected chi connectivity index (χ3v) is 5.31. The van der Waals surface area contributed by atoms with Crippen LogP contribution in [0.1, 0.15) is 23.2 Å². The number of hydrogen-bond donors (Lipinski definition) is 2. The van der Waals surface area contributed by atoms with Crippen molar-refractivity contribution in [1.82, 2.24) is 5.32 Å². The summed E-state index contributed by atoms with van der Waals surface area (Å²) >= 11 is 11.7.